The van der Waals surface area contributed by atoms with E-state index >= 15 is 0 Å². The molecule has 124 valence electrons. The fraction of sp³-hybridized carbons (Fsp3) is 0.438. The van der Waals surface area contributed by atoms with Gasteiger partial charge in [-0.25, -0.2) is 13.2 Å². The van der Waals surface area contributed by atoms with E-state index in [4.69, 9.17) is 5.73 Å². The van der Waals surface area contributed by atoms with Gasteiger partial charge in [0.2, 0.25) is 5.91 Å². The van der Waals surface area contributed by atoms with Crippen molar-refractivity contribution in [1.82, 2.24) is 4.90 Å². The lowest BCUT2D eigenvalue weighted by molar-refractivity contribution is -0.126. The molecule has 1 amide bonds. The molecule has 0 radical (unpaired) electrons. The number of carbonyl (C=O) groups excluding carboxylic acids is 1. The van der Waals surface area contributed by atoms with Crippen molar-refractivity contribution in [3.05, 3.63) is 46.8 Å². The summed E-state index contributed by atoms with van der Waals surface area (Å²) in [5, 5.41) is 0. The highest BCUT2D eigenvalue weighted by atomic mass is 32.2. The fourth-order valence-corrected chi connectivity index (χ4v) is 4.00. The minimum absolute atomic E-state index is 0.0327. The molecule has 1 aliphatic carbocycles. The number of hydrogen-bond donors (Lipinski definition) is 1. The third kappa shape index (κ3) is 3.26. The number of thioether (sulfide) groups is 1. The van der Waals surface area contributed by atoms with Crippen LogP contribution in [0.15, 0.2) is 23.8 Å². The topological polar surface area (TPSA) is 46.3 Å². The second kappa shape index (κ2) is 6.57. The van der Waals surface area contributed by atoms with Gasteiger partial charge in [-0.1, -0.05) is 6.08 Å². The quantitative estimate of drug-likeness (QED) is 0.841. The number of nitrogens with two attached hydrogens (primary N) is 1. The van der Waals surface area contributed by atoms with Crippen LogP contribution in [0.25, 0.3) is 0 Å². The van der Waals surface area contributed by atoms with E-state index in [2.05, 4.69) is 0 Å². The third-order valence-electron chi connectivity index (χ3n) is 4.34. The SMILES string of the molecule is N[C@H]1CC(C(=O)N2CCSC2)=CC[C@@H]1c1cc(F)c(F)cc1F. The van der Waals surface area contributed by atoms with Crippen LogP contribution in [0.5, 0.6) is 0 Å². The molecule has 1 heterocycles. The number of benzene rings is 1. The van der Waals surface area contributed by atoms with Crippen LogP contribution in [-0.2, 0) is 4.79 Å². The predicted octanol–water partition coefficient (Wildman–Crippen LogP) is 2.77. The first-order chi connectivity index (χ1) is 11.0. The van der Waals surface area contributed by atoms with E-state index in [0.29, 0.717) is 30.4 Å². The molecule has 2 atom stereocenters. The van der Waals surface area contributed by atoms with Crippen LogP contribution in [0.3, 0.4) is 0 Å². The number of halogens is 3. The Morgan fingerprint density at radius 2 is 1.96 bits per heavy atom. The Balaban J connectivity index is 1.80. The first kappa shape index (κ1) is 16.4. The molecule has 0 saturated carbocycles. The van der Waals surface area contributed by atoms with Crippen LogP contribution in [0.1, 0.15) is 24.3 Å². The van der Waals surface area contributed by atoms with Gasteiger partial charge in [0.15, 0.2) is 11.6 Å². The van der Waals surface area contributed by atoms with E-state index in [1.54, 1.807) is 22.7 Å². The molecule has 0 spiro atoms. The normalized spacial score (nSPS) is 24.7. The number of rotatable bonds is 2. The Labute approximate surface area is 136 Å². The van der Waals surface area contributed by atoms with Gasteiger partial charge in [0.25, 0.3) is 0 Å². The predicted molar refractivity (Wildman–Crippen MR) is 83.4 cm³/mol. The highest BCUT2D eigenvalue weighted by molar-refractivity contribution is 7.99. The second-order valence-corrected chi connectivity index (χ2v) is 6.91. The summed E-state index contributed by atoms with van der Waals surface area (Å²) >= 11 is 1.70. The highest BCUT2D eigenvalue weighted by Crippen LogP contribution is 2.34. The molecule has 23 heavy (non-hydrogen) atoms. The van der Waals surface area contributed by atoms with Crippen molar-refractivity contribution in [2.45, 2.75) is 24.8 Å². The van der Waals surface area contributed by atoms with Crippen molar-refractivity contribution in [3.8, 4) is 0 Å². The Morgan fingerprint density at radius 3 is 2.61 bits per heavy atom. The van der Waals surface area contributed by atoms with Gasteiger partial charge in [0, 0.05) is 35.9 Å². The summed E-state index contributed by atoms with van der Waals surface area (Å²) in [6, 6.07) is 0.907. The summed E-state index contributed by atoms with van der Waals surface area (Å²) in [7, 11) is 0. The molecule has 2 N–H and O–H groups in total. The summed E-state index contributed by atoms with van der Waals surface area (Å²) in [5.41, 5.74) is 6.79. The fourth-order valence-electron chi connectivity index (χ4n) is 3.06. The summed E-state index contributed by atoms with van der Waals surface area (Å²) in [6.45, 7) is 0.720. The number of carbonyl (C=O) groups is 1. The molecular formula is C16H17F3N2OS. The smallest absolute Gasteiger partial charge is 0.250 e. The van der Waals surface area contributed by atoms with Crippen molar-refractivity contribution >= 4 is 17.7 Å². The molecule has 3 nitrogen and oxygen atoms in total. The molecule has 0 aromatic heterocycles. The third-order valence-corrected chi connectivity index (χ3v) is 5.31. The molecule has 1 aliphatic heterocycles. The van der Waals surface area contributed by atoms with Gasteiger partial charge in [-0.2, -0.15) is 0 Å². The molecule has 1 aromatic rings. The molecule has 3 rings (SSSR count). The van der Waals surface area contributed by atoms with Gasteiger partial charge in [0.05, 0.1) is 5.88 Å². The average molecular weight is 342 g/mol. The molecule has 1 aromatic carbocycles. The van der Waals surface area contributed by atoms with Gasteiger partial charge in [-0.15, -0.1) is 11.8 Å². The van der Waals surface area contributed by atoms with Crippen molar-refractivity contribution in [2.75, 3.05) is 18.2 Å². The van der Waals surface area contributed by atoms with Gasteiger partial charge >= 0.3 is 0 Å². The number of hydrogen-bond acceptors (Lipinski definition) is 3. The Hall–Kier alpha value is -1.47. The summed E-state index contributed by atoms with van der Waals surface area (Å²) in [6.07, 6.45) is 2.40. The number of amides is 1. The maximum absolute atomic E-state index is 13.9. The molecule has 0 unspecified atom stereocenters. The van der Waals surface area contributed by atoms with Gasteiger partial charge in [-0.3, -0.25) is 4.79 Å². The Kier molecular flexibility index (Phi) is 4.68. The van der Waals surface area contributed by atoms with Crippen LogP contribution in [-0.4, -0.2) is 35.0 Å². The van der Waals surface area contributed by atoms with Crippen LogP contribution in [0.2, 0.25) is 0 Å². The van der Waals surface area contributed by atoms with Crippen molar-refractivity contribution in [3.63, 3.8) is 0 Å². The summed E-state index contributed by atoms with van der Waals surface area (Å²) in [5.74, 6) is -2.00. The number of nitrogens with zero attached hydrogens (tertiary/aromatic N) is 1. The van der Waals surface area contributed by atoms with Crippen LogP contribution in [0, 0.1) is 17.5 Å². The van der Waals surface area contributed by atoms with Crippen LogP contribution in [0.4, 0.5) is 13.2 Å². The zero-order chi connectivity index (χ0) is 16.6. The van der Waals surface area contributed by atoms with E-state index in [0.717, 1.165) is 18.4 Å². The van der Waals surface area contributed by atoms with E-state index in [9.17, 15) is 18.0 Å². The lowest BCUT2D eigenvalue weighted by Crippen LogP contribution is -2.37. The maximum Gasteiger partial charge on any atom is 0.250 e. The standard InChI is InChI=1S/C16H17F3N2OS/c17-12-7-14(19)13(18)6-11(12)10-2-1-9(5-15(10)20)16(22)21-3-4-23-8-21/h1,6-7,10,15H,2-5,8,20H2/t10-,15+/m1/s1. The minimum atomic E-state index is -1.21. The molecular weight excluding hydrogens is 325 g/mol. The van der Waals surface area contributed by atoms with Crippen molar-refractivity contribution < 1.29 is 18.0 Å². The minimum Gasteiger partial charge on any atom is -0.329 e. The lowest BCUT2D eigenvalue weighted by atomic mass is 9.80. The monoisotopic (exact) mass is 342 g/mol. The van der Waals surface area contributed by atoms with Gasteiger partial charge < -0.3 is 10.6 Å². The van der Waals surface area contributed by atoms with Crippen molar-refractivity contribution in [2.24, 2.45) is 5.73 Å². The van der Waals surface area contributed by atoms with Crippen LogP contribution >= 0.6 is 11.8 Å². The van der Waals surface area contributed by atoms with E-state index in [1.807, 2.05) is 0 Å². The highest BCUT2D eigenvalue weighted by Gasteiger charge is 2.31. The van der Waals surface area contributed by atoms with Crippen molar-refractivity contribution in [1.29, 1.82) is 0 Å². The van der Waals surface area contributed by atoms with Gasteiger partial charge in [0.1, 0.15) is 5.82 Å². The molecule has 7 heteroatoms. The molecule has 1 saturated heterocycles. The van der Waals surface area contributed by atoms with E-state index in [-0.39, 0.29) is 11.5 Å². The van der Waals surface area contributed by atoms with E-state index in [1.165, 1.54) is 0 Å². The van der Waals surface area contributed by atoms with Crippen LogP contribution < -0.4 is 5.73 Å². The lowest BCUT2D eigenvalue weighted by Gasteiger charge is -2.30. The largest absolute Gasteiger partial charge is 0.329 e. The zero-order valence-electron chi connectivity index (χ0n) is 12.4. The molecule has 2 aliphatic rings. The summed E-state index contributed by atoms with van der Waals surface area (Å²) < 4.78 is 40.4. The zero-order valence-corrected chi connectivity index (χ0v) is 13.2. The van der Waals surface area contributed by atoms with E-state index < -0.39 is 29.4 Å². The Morgan fingerprint density at radius 1 is 1.22 bits per heavy atom. The number of allylic oxidation sites excluding steroid dienone is 1. The van der Waals surface area contributed by atoms with Gasteiger partial charge in [-0.05, 0) is 24.5 Å². The average Bonchev–Trinajstić information content (AvgIpc) is 3.05. The maximum atomic E-state index is 13.9. The first-order valence-electron chi connectivity index (χ1n) is 7.43. The Bertz CT molecular complexity index is 659. The second-order valence-electron chi connectivity index (χ2n) is 5.83. The summed E-state index contributed by atoms with van der Waals surface area (Å²) in [4.78, 5) is 14.1. The molecule has 1 fully saturated rings. The molecule has 0 bridgehead atoms. The first-order valence-corrected chi connectivity index (χ1v) is 8.59.